The number of halogens is 2. The smallest absolute Gasteiger partial charge is 0.415 e. The van der Waals surface area contributed by atoms with Crippen LogP contribution in [0.5, 0.6) is 0 Å². The highest BCUT2D eigenvalue weighted by atomic mass is 79.9. The van der Waals surface area contributed by atoms with E-state index in [2.05, 4.69) is 20.9 Å². The maximum absolute atomic E-state index is 15.4. The summed E-state index contributed by atoms with van der Waals surface area (Å²) in [5.74, 6) is -0.533. The minimum Gasteiger partial charge on any atom is -0.444 e. The van der Waals surface area contributed by atoms with E-state index in [-0.39, 0.29) is 23.2 Å². The fourth-order valence-corrected chi connectivity index (χ4v) is 5.83. The normalized spacial score (nSPS) is 21.1. The molecule has 3 fully saturated rings. The average molecular weight is 598 g/mol. The quantitative estimate of drug-likeness (QED) is 0.404. The molecule has 3 aliphatic rings. The van der Waals surface area contributed by atoms with Gasteiger partial charge in [0.1, 0.15) is 21.7 Å². The highest BCUT2D eigenvalue weighted by molar-refractivity contribution is 9.10. The second-order valence-corrected chi connectivity index (χ2v) is 13.2. The molecule has 3 heterocycles. The second kappa shape index (κ2) is 9.48. The topological polar surface area (TPSA) is 98.0 Å². The van der Waals surface area contributed by atoms with E-state index in [0.717, 1.165) is 6.42 Å². The Balaban J connectivity index is 1.89. The van der Waals surface area contributed by atoms with Crippen molar-refractivity contribution in [1.82, 2.24) is 9.88 Å². The molecule has 0 radical (unpaired) electrons. The van der Waals surface area contributed by atoms with E-state index in [1.807, 2.05) is 20.8 Å². The van der Waals surface area contributed by atoms with Crippen molar-refractivity contribution >= 4 is 62.2 Å². The first-order valence-electron chi connectivity index (χ1n) is 12.2. The molecule has 1 saturated carbocycles. The van der Waals surface area contributed by atoms with Crippen LogP contribution in [-0.4, -0.2) is 58.2 Å². The van der Waals surface area contributed by atoms with Crippen LogP contribution in [0, 0.1) is 18.7 Å². The SMILES string of the molecule is CSc1nc2c(F)c(Br)c(C)cc2c(N(C(=O)OC(C)(C)C)C2[C@@H]3C[C@H]2N(C(=O)OC(C)(C)C)C3)c1N. The highest BCUT2D eigenvalue weighted by Gasteiger charge is 2.59. The number of hydrogen-bond donors (Lipinski definition) is 1. The molecule has 202 valence electrons. The second-order valence-electron chi connectivity index (χ2n) is 11.6. The summed E-state index contributed by atoms with van der Waals surface area (Å²) in [6.45, 7) is 13.0. The Bertz CT molecular complexity index is 1280. The van der Waals surface area contributed by atoms with Gasteiger partial charge >= 0.3 is 12.2 Å². The van der Waals surface area contributed by atoms with Gasteiger partial charge in [-0.25, -0.2) is 19.0 Å². The van der Waals surface area contributed by atoms with Gasteiger partial charge in [-0.05, 0) is 88.7 Å². The summed E-state index contributed by atoms with van der Waals surface area (Å²) < 4.78 is 27.2. The predicted octanol–water partition coefficient (Wildman–Crippen LogP) is 6.50. The molecule has 2 aromatic rings. The lowest BCUT2D eigenvalue weighted by atomic mass is 9.78. The number of pyridine rings is 1. The Morgan fingerprint density at radius 1 is 1.22 bits per heavy atom. The van der Waals surface area contributed by atoms with Crippen LogP contribution in [-0.2, 0) is 9.47 Å². The summed E-state index contributed by atoms with van der Waals surface area (Å²) >= 11 is 4.58. The lowest BCUT2D eigenvalue weighted by molar-refractivity contribution is 0.0217. The molecule has 2 N–H and O–H groups in total. The van der Waals surface area contributed by atoms with Crippen molar-refractivity contribution < 1.29 is 23.5 Å². The maximum atomic E-state index is 15.4. The molecule has 0 spiro atoms. The van der Waals surface area contributed by atoms with Gasteiger partial charge in [-0.2, -0.15) is 0 Å². The minimum atomic E-state index is -0.785. The summed E-state index contributed by atoms with van der Waals surface area (Å²) in [7, 11) is 0. The minimum absolute atomic E-state index is 0.00762. The zero-order valence-electron chi connectivity index (χ0n) is 22.4. The van der Waals surface area contributed by atoms with Gasteiger partial charge in [0.2, 0.25) is 0 Å². The average Bonchev–Trinajstić information content (AvgIpc) is 3.34. The Hall–Kier alpha value is -2.27. The Labute approximate surface area is 229 Å². The number of carbonyl (C=O) groups excluding carboxylic acids is 2. The van der Waals surface area contributed by atoms with Crippen LogP contribution in [0.3, 0.4) is 0 Å². The molecule has 1 unspecified atom stereocenters. The molecule has 2 aliphatic heterocycles. The first-order chi connectivity index (χ1) is 17.0. The predicted molar refractivity (Wildman–Crippen MR) is 148 cm³/mol. The van der Waals surface area contributed by atoms with Crippen LogP contribution in [0.2, 0.25) is 0 Å². The van der Waals surface area contributed by atoms with Crippen LogP contribution >= 0.6 is 27.7 Å². The number of ether oxygens (including phenoxy) is 2. The molecule has 5 rings (SSSR count). The van der Waals surface area contributed by atoms with E-state index in [9.17, 15) is 9.59 Å². The molecule has 1 aromatic carbocycles. The number of aromatic nitrogens is 1. The van der Waals surface area contributed by atoms with E-state index in [4.69, 9.17) is 15.2 Å². The molecule has 8 nitrogen and oxygen atoms in total. The number of thioether (sulfide) groups is 1. The first-order valence-corrected chi connectivity index (χ1v) is 14.2. The maximum Gasteiger partial charge on any atom is 0.415 e. The third kappa shape index (κ3) is 5.08. The van der Waals surface area contributed by atoms with Crippen molar-refractivity contribution in [2.45, 2.75) is 83.2 Å². The fraction of sp³-hybridized carbons (Fsp3) is 0.577. The lowest BCUT2D eigenvalue weighted by Crippen LogP contribution is -2.59. The summed E-state index contributed by atoms with van der Waals surface area (Å²) in [5, 5.41) is 0.816. The van der Waals surface area contributed by atoms with Crippen LogP contribution in [0.1, 0.15) is 53.5 Å². The first kappa shape index (κ1) is 27.8. The van der Waals surface area contributed by atoms with Crippen molar-refractivity contribution in [3.05, 3.63) is 21.9 Å². The Morgan fingerprint density at radius 2 is 1.84 bits per heavy atom. The molecule has 2 saturated heterocycles. The van der Waals surface area contributed by atoms with E-state index in [0.29, 0.717) is 32.7 Å². The van der Waals surface area contributed by atoms with Crippen LogP contribution < -0.4 is 10.6 Å². The number of benzene rings is 1. The highest BCUT2D eigenvalue weighted by Crippen LogP contribution is 2.50. The molecule has 3 atom stereocenters. The number of nitrogens with two attached hydrogens (primary N) is 1. The monoisotopic (exact) mass is 596 g/mol. The molecular formula is C26H34BrFN4O4S. The largest absolute Gasteiger partial charge is 0.444 e. The molecule has 2 amide bonds. The number of rotatable bonds is 3. The van der Waals surface area contributed by atoms with Crippen LogP contribution in [0.15, 0.2) is 15.6 Å². The number of nitrogens with zero attached hydrogens (tertiary/aromatic N) is 3. The third-order valence-corrected chi connectivity index (χ3v) is 8.19. The van der Waals surface area contributed by atoms with Crippen molar-refractivity contribution in [2.75, 3.05) is 23.4 Å². The van der Waals surface area contributed by atoms with E-state index < -0.39 is 35.2 Å². The lowest BCUT2D eigenvalue weighted by Gasteiger charge is -2.44. The molecule has 2 bridgehead atoms. The van der Waals surface area contributed by atoms with Crippen molar-refractivity contribution in [3.63, 3.8) is 0 Å². The number of fused-ring (bicyclic) bond motifs is 2. The van der Waals surface area contributed by atoms with Gasteiger partial charge in [0.05, 0.1) is 27.9 Å². The van der Waals surface area contributed by atoms with Gasteiger partial charge in [-0.15, -0.1) is 11.8 Å². The van der Waals surface area contributed by atoms with E-state index in [1.165, 1.54) is 16.7 Å². The Kier molecular flexibility index (Phi) is 7.11. The van der Waals surface area contributed by atoms with Gasteiger partial charge in [0.25, 0.3) is 0 Å². The summed E-state index contributed by atoms with van der Waals surface area (Å²) in [6, 6.07) is 1.08. The molecule has 11 heteroatoms. The molecular weight excluding hydrogens is 563 g/mol. The van der Waals surface area contributed by atoms with Gasteiger partial charge in [0, 0.05) is 17.8 Å². The third-order valence-electron chi connectivity index (χ3n) is 6.52. The van der Waals surface area contributed by atoms with Crippen molar-refractivity contribution in [1.29, 1.82) is 0 Å². The van der Waals surface area contributed by atoms with Gasteiger partial charge in [-0.1, -0.05) is 0 Å². The van der Waals surface area contributed by atoms with Gasteiger partial charge in [-0.3, -0.25) is 4.90 Å². The Morgan fingerprint density at radius 3 is 2.41 bits per heavy atom. The van der Waals surface area contributed by atoms with Crippen LogP contribution in [0.25, 0.3) is 10.9 Å². The number of anilines is 2. The zero-order valence-corrected chi connectivity index (χ0v) is 24.8. The zero-order chi connectivity index (χ0) is 27.6. The van der Waals surface area contributed by atoms with Crippen molar-refractivity contribution in [3.8, 4) is 0 Å². The molecule has 1 aliphatic carbocycles. The number of hydrogen-bond acceptors (Lipinski definition) is 7. The fourth-order valence-electron chi connectivity index (χ4n) is 5.03. The van der Waals surface area contributed by atoms with Gasteiger partial charge < -0.3 is 20.1 Å². The summed E-state index contributed by atoms with van der Waals surface area (Å²) in [5.41, 5.74) is 6.57. The van der Waals surface area contributed by atoms with Crippen molar-refractivity contribution in [2.24, 2.45) is 5.92 Å². The van der Waals surface area contributed by atoms with E-state index in [1.54, 1.807) is 44.9 Å². The number of nitrogen functional groups attached to an aromatic ring is 1. The van der Waals surface area contributed by atoms with Crippen LogP contribution in [0.4, 0.5) is 25.4 Å². The van der Waals surface area contributed by atoms with Gasteiger partial charge in [0.15, 0.2) is 5.82 Å². The number of amides is 2. The van der Waals surface area contributed by atoms with E-state index >= 15 is 4.39 Å². The molecule has 37 heavy (non-hydrogen) atoms. The summed E-state index contributed by atoms with van der Waals surface area (Å²) in [6.07, 6.45) is 1.49. The molecule has 1 aromatic heterocycles. The summed E-state index contributed by atoms with van der Waals surface area (Å²) in [4.78, 5) is 34.5. The standard InChI is InChI=1S/C26H34BrFN4O4S/c1-12-9-14-19(17(28)16(12)27)30-22(37-8)18(29)21(14)32(24(34)36-26(5,6)7)20-13-10-15(20)31(11-13)23(33)35-25(2,3)4/h9,13,15,20H,10-11,29H2,1-8H3/t13-,15-,20?/m1/s1. The number of aryl methyl sites for hydroxylation is 1. The number of carbonyl (C=O) groups is 2.